The second kappa shape index (κ2) is 5.24. The smallest absolute Gasteiger partial charge is 0.151 e. The van der Waals surface area contributed by atoms with Gasteiger partial charge in [0, 0.05) is 0 Å². The predicted octanol–water partition coefficient (Wildman–Crippen LogP) is 4.22. The number of aryl methyl sites for hydroxylation is 1. The fourth-order valence-corrected chi connectivity index (χ4v) is 3.49. The van der Waals surface area contributed by atoms with Crippen molar-refractivity contribution in [3.05, 3.63) is 60.2 Å². The van der Waals surface area contributed by atoms with Crippen molar-refractivity contribution >= 4 is 32.3 Å². The first kappa shape index (κ1) is 13.5. The maximum absolute atomic E-state index is 9.02. The molecule has 0 radical (unpaired) electrons. The largest absolute Gasteiger partial charge is 0.368 e. The summed E-state index contributed by atoms with van der Waals surface area (Å²) in [6, 6.07) is 19.5. The van der Waals surface area contributed by atoms with E-state index in [0.717, 1.165) is 12.8 Å². The number of hydrogen-bond acceptors (Lipinski definition) is 2. The van der Waals surface area contributed by atoms with Crippen LogP contribution in [0, 0.1) is 0 Å². The van der Waals surface area contributed by atoms with Crippen LogP contribution >= 0.6 is 0 Å². The first-order valence-corrected chi connectivity index (χ1v) is 7.75. The fourth-order valence-electron chi connectivity index (χ4n) is 3.49. The first-order valence-electron chi connectivity index (χ1n) is 7.75. The van der Waals surface area contributed by atoms with Gasteiger partial charge in [0.25, 0.3) is 0 Å². The third-order valence-corrected chi connectivity index (χ3v) is 4.53. The lowest BCUT2D eigenvalue weighted by molar-refractivity contribution is -0.0461. The van der Waals surface area contributed by atoms with Crippen molar-refractivity contribution in [1.29, 1.82) is 0 Å². The van der Waals surface area contributed by atoms with Crippen LogP contribution in [0.2, 0.25) is 0 Å². The molecule has 0 fully saturated rings. The molecule has 2 heteroatoms. The minimum absolute atomic E-state index is 0.419. The van der Waals surface area contributed by atoms with E-state index in [-0.39, 0.29) is 0 Å². The Hall–Kier alpha value is -2.16. The van der Waals surface area contributed by atoms with Crippen molar-refractivity contribution in [3.8, 4) is 0 Å². The molecule has 4 rings (SSSR count). The zero-order valence-corrected chi connectivity index (χ0v) is 12.3. The maximum atomic E-state index is 9.02. The first-order chi connectivity index (χ1) is 10.7. The van der Waals surface area contributed by atoms with Gasteiger partial charge in [0.2, 0.25) is 0 Å². The SMILES string of the molecule is OC(O)CCCc1ccc2ccc3cccc4ccc1c2c34. The summed E-state index contributed by atoms with van der Waals surface area (Å²) in [6.45, 7) is 0. The van der Waals surface area contributed by atoms with Gasteiger partial charge < -0.3 is 10.2 Å². The quantitative estimate of drug-likeness (QED) is 0.436. The van der Waals surface area contributed by atoms with Crippen LogP contribution in [0.4, 0.5) is 0 Å². The van der Waals surface area contributed by atoms with E-state index in [4.69, 9.17) is 10.2 Å². The molecule has 0 aliphatic heterocycles. The fraction of sp³-hybridized carbons (Fsp3) is 0.200. The van der Waals surface area contributed by atoms with Crippen molar-refractivity contribution in [2.24, 2.45) is 0 Å². The lowest BCUT2D eigenvalue weighted by Crippen LogP contribution is -2.04. The van der Waals surface area contributed by atoms with E-state index < -0.39 is 6.29 Å². The lowest BCUT2D eigenvalue weighted by atomic mass is 9.90. The third kappa shape index (κ3) is 2.12. The highest BCUT2D eigenvalue weighted by Gasteiger charge is 2.10. The van der Waals surface area contributed by atoms with Gasteiger partial charge in [-0.05, 0) is 57.1 Å². The molecule has 0 unspecified atom stereocenters. The molecule has 0 bridgehead atoms. The summed E-state index contributed by atoms with van der Waals surface area (Å²) < 4.78 is 0. The number of hydrogen-bond donors (Lipinski definition) is 2. The van der Waals surface area contributed by atoms with Crippen LogP contribution in [0.5, 0.6) is 0 Å². The van der Waals surface area contributed by atoms with Crippen LogP contribution in [0.15, 0.2) is 54.6 Å². The highest BCUT2D eigenvalue weighted by Crippen LogP contribution is 2.36. The molecule has 0 aromatic heterocycles. The van der Waals surface area contributed by atoms with E-state index in [0.29, 0.717) is 6.42 Å². The molecular weight excluding hydrogens is 272 g/mol. The summed E-state index contributed by atoms with van der Waals surface area (Å²) in [7, 11) is 0. The average molecular weight is 290 g/mol. The molecular formula is C20H18O2. The van der Waals surface area contributed by atoms with Crippen molar-refractivity contribution in [2.75, 3.05) is 0 Å². The van der Waals surface area contributed by atoms with Crippen LogP contribution in [0.3, 0.4) is 0 Å². The van der Waals surface area contributed by atoms with Crippen LogP contribution in [0.25, 0.3) is 32.3 Å². The molecule has 2 nitrogen and oxygen atoms in total. The Morgan fingerprint density at radius 1 is 0.727 bits per heavy atom. The number of aliphatic hydroxyl groups excluding tert-OH is 1. The number of benzene rings is 4. The van der Waals surface area contributed by atoms with E-state index in [9.17, 15) is 0 Å². The summed E-state index contributed by atoms with van der Waals surface area (Å²) in [5.74, 6) is 0. The highest BCUT2D eigenvalue weighted by molar-refractivity contribution is 6.23. The molecule has 4 aromatic carbocycles. The summed E-state index contributed by atoms with van der Waals surface area (Å²) in [4.78, 5) is 0. The van der Waals surface area contributed by atoms with E-state index in [1.807, 2.05) is 0 Å². The highest BCUT2D eigenvalue weighted by atomic mass is 16.5. The Morgan fingerprint density at radius 3 is 2.09 bits per heavy atom. The van der Waals surface area contributed by atoms with Gasteiger partial charge in [-0.1, -0.05) is 54.6 Å². The monoisotopic (exact) mass is 290 g/mol. The van der Waals surface area contributed by atoms with Crippen molar-refractivity contribution < 1.29 is 10.2 Å². The molecule has 0 atom stereocenters. The summed E-state index contributed by atoms with van der Waals surface area (Å²) in [5, 5.41) is 25.8. The zero-order valence-electron chi connectivity index (χ0n) is 12.3. The molecule has 0 heterocycles. The van der Waals surface area contributed by atoms with E-state index in [1.165, 1.54) is 37.9 Å². The summed E-state index contributed by atoms with van der Waals surface area (Å²) in [6.07, 6.45) is 0.856. The maximum Gasteiger partial charge on any atom is 0.151 e. The molecule has 0 saturated heterocycles. The molecule has 110 valence electrons. The Morgan fingerprint density at radius 2 is 1.36 bits per heavy atom. The molecule has 22 heavy (non-hydrogen) atoms. The van der Waals surface area contributed by atoms with Gasteiger partial charge in [-0.2, -0.15) is 0 Å². The Bertz CT molecular complexity index is 924. The van der Waals surface area contributed by atoms with Crippen molar-refractivity contribution in [3.63, 3.8) is 0 Å². The van der Waals surface area contributed by atoms with E-state index in [2.05, 4.69) is 54.6 Å². The summed E-state index contributed by atoms with van der Waals surface area (Å²) >= 11 is 0. The van der Waals surface area contributed by atoms with Gasteiger partial charge in [0.05, 0.1) is 0 Å². The van der Waals surface area contributed by atoms with Gasteiger partial charge >= 0.3 is 0 Å². The second-order valence-electron chi connectivity index (χ2n) is 5.95. The van der Waals surface area contributed by atoms with Gasteiger partial charge in [0.15, 0.2) is 6.29 Å². The Balaban J connectivity index is 1.92. The third-order valence-electron chi connectivity index (χ3n) is 4.53. The Kier molecular flexibility index (Phi) is 3.21. The predicted molar refractivity (Wildman–Crippen MR) is 91.3 cm³/mol. The standard InChI is InChI=1S/C20H18O2/c21-18(22)6-2-3-13-7-8-16-10-9-14-4-1-5-15-11-12-17(13)20(16)19(14)15/h1,4-5,7-12,18,21-22H,2-3,6H2. The van der Waals surface area contributed by atoms with E-state index in [1.54, 1.807) is 0 Å². The average Bonchev–Trinajstić information content (AvgIpc) is 2.53. The molecule has 2 N–H and O–H groups in total. The minimum Gasteiger partial charge on any atom is -0.368 e. The van der Waals surface area contributed by atoms with Crippen LogP contribution in [-0.2, 0) is 6.42 Å². The van der Waals surface area contributed by atoms with Crippen molar-refractivity contribution in [1.82, 2.24) is 0 Å². The summed E-state index contributed by atoms with van der Waals surface area (Å²) in [5.41, 5.74) is 1.28. The molecule has 0 aliphatic carbocycles. The number of rotatable bonds is 4. The van der Waals surface area contributed by atoms with Gasteiger partial charge in [-0.15, -0.1) is 0 Å². The van der Waals surface area contributed by atoms with Crippen LogP contribution < -0.4 is 0 Å². The second-order valence-corrected chi connectivity index (χ2v) is 5.95. The minimum atomic E-state index is -1.21. The lowest BCUT2D eigenvalue weighted by Gasteiger charge is -2.14. The van der Waals surface area contributed by atoms with Crippen molar-refractivity contribution in [2.45, 2.75) is 25.6 Å². The molecule has 0 amide bonds. The van der Waals surface area contributed by atoms with Gasteiger partial charge in [-0.25, -0.2) is 0 Å². The molecule has 4 aromatic rings. The normalized spacial score (nSPS) is 12.1. The zero-order chi connectivity index (χ0) is 15.1. The molecule has 0 aliphatic rings. The van der Waals surface area contributed by atoms with Gasteiger partial charge in [0.1, 0.15) is 0 Å². The van der Waals surface area contributed by atoms with Crippen LogP contribution in [0.1, 0.15) is 18.4 Å². The van der Waals surface area contributed by atoms with Gasteiger partial charge in [-0.3, -0.25) is 0 Å². The Labute approximate surface area is 129 Å². The molecule has 0 saturated carbocycles. The number of aliphatic hydroxyl groups is 2. The molecule has 0 spiro atoms. The topological polar surface area (TPSA) is 40.5 Å². The van der Waals surface area contributed by atoms with E-state index >= 15 is 0 Å². The van der Waals surface area contributed by atoms with Crippen LogP contribution in [-0.4, -0.2) is 16.5 Å².